The number of nitrogens with one attached hydrogen (secondary N) is 1. The van der Waals surface area contributed by atoms with Crippen LogP contribution >= 0.6 is 11.6 Å². The maximum Gasteiger partial charge on any atom is 0.244 e. The van der Waals surface area contributed by atoms with E-state index >= 15 is 0 Å². The average Bonchev–Trinajstić information content (AvgIpc) is 3.22. The summed E-state index contributed by atoms with van der Waals surface area (Å²) in [6.45, 7) is 1.76. The smallest absolute Gasteiger partial charge is 0.244 e. The second kappa shape index (κ2) is 8.31. The van der Waals surface area contributed by atoms with E-state index < -0.39 is 27.8 Å². The molecule has 0 bridgehead atoms. The molecule has 1 aromatic heterocycles. The molecule has 0 aliphatic carbocycles. The second-order valence-electron chi connectivity index (χ2n) is 7.45. The van der Waals surface area contributed by atoms with Crippen LogP contribution in [-0.2, 0) is 10.0 Å². The van der Waals surface area contributed by atoms with Gasteiger partial charge in [0.2, 0.25) is 10.0 Å². The van der Waals surface area contributed by atoms with Gasteiger partial charge in [0.15, 0.2) is 0 Å². The van der Waals surface area contributed by atoms with Crippen LogP contribution in [0.5, 0.6) is 0 Å². The number of H-pyrrole nitrogens is 1. The molecule has 6 nitrogen and oxygen atoms in total. The number of piperidine rings is 1. The predicted octanol–water partition coefficient (Wildman–Crippen LogP) is 4.13. The lowest BCUT2D eigenvalue weighted by Gasteiger charge is -2.29. The van der Waals surface area contributed by atoms with E-state index in [2.05, 4.69) is 9.97 Å². The molecule has 2 aromatic carbocycles. The Morgan fingerprint density at radius 2 is 1.90 bits per heavy atom. The van der Waals surface area contributed by atoms with Crippen LogP contribution in [0, 0.1) is 18.6 Å². The molecule has 3 aromatic rings. The average molecular weight is 468 g/mol. The highest BCUT2D eigenvalue weighted by Gasteiger charge is 2.30. The van der Waals surface area contributed by atoms with Gasteiger partial charge in [-0.05, 0) is 50.1 Å². The highest BCUT2D eigenvalue weighted by Crippen LogP contribution is 2.32. The molecular weight excluding hydrogens is 448 g/mol. The fraction of sp³-hybridized carbons (Fsp3) is 0.286. The van der Waals surface area contributed by atoms with Crippen molar-refractivity contribution in [1.29, 1.82) is 0 Å². The number of sulfonamides is 1. The molecule has 1 fully saturated rings. The van der Waals surface area contributed by atoms with Crippen LogP contribution < -0.4 is 0 Å². The van der Waals surface area contributed by atoms with Crippen molar-refractivity contribution in [3.63, 3.8) is 0 Å². The molecule has 0 spiro atoms. The van der Waals surface area contributed by atoms with Crippen molar-refractivity contribution in [2.75, 3.05) is 13.1 Å². The van der Waals surface area contributed by atoms with Gasteiger partial charge in [0, 0.05) is 36.0 Å². The first-order chi connectivity index (χ1) is 14.7. The van der Waals surface area contributed by atoms with Crippen LogP contribution in [0.2, 0.25) is 5.02 Å². The Bertz CT molecular complexity index is 1240. The first-order valence-electron chi connectivity index (χ1n) is 9.67. The molecule has 0 saturated carbocycles. The number of hydrogen-bond acceptors (Lipinski definition) is 4. The molecule has 0 unspecified atom stereocenters. The highest BCUT2D eigenvalue weighted by molar-refractivity contribution is 7.89. The first kappa shape index (κ1) is 21.9. The third-order valence-electron chi connectivity index (χ3n) is 5.42. The number of nitrogens with zero attached hydrogens (tertiary/aromatic N) is 2. The Labute approximate surface area is 183 Å². The van der Waals surface area contributed by atoms with Crippen LogP contribution in [0.15, 0.2) is 41.4 Å². The van der Waals surface area contributed by atoms with E-state index in [-0.39, 0.29) is 39.8 Å². The lowest BCUT2D eigenvalue weighted by Crippen LogP contribution is -2.40. The Balaban J connectivity index is 1.69. The summed E-state index contributed by atoms with van der Waals surface area (Å²) < 4.78 is 55.5. The van der Waals surface area contributed by atoms with Gasteiger partial charge < -0.3 is 10.1 Å². The molecule has 0 amide bonds. The van der Waals surface area contributed by atoms with E-state index in [0.717, 1.165) is 0 Å². The quantitative estimate of drug-likeness (QED) is 0.604. The number of rotatable bonds is 4. The standard InChI is InChI=1S/C21H20ClF2N3O3S/c1-12-17(23)5-3-15(20(12)24)18-11-25-21(26-18)13-2-4-16(22)19(10-13)31(29,30)27-8-6-14(28)7-9-27/h2-5,10-11,14,28H,6-9H2,1H3,(H,25,26). The molecule has 1 saturated heterocycles. The molecule has 2 heterocycles. The molecule has 31 heavy (non-hydrogen) atoms. The summed E-state index contributed by atoms with van der Waals surface area (Å²) in [5.74, 6) is -1.03. The van der Waals surface area contributed by atoms with Gasteiger partial charge >= 0.3 is 0 Å². The normalized spacial score (nSPS) is 16.0. The third kappa shape index (κ3) is 4.10. The summed E-state index contributed by atoms with van der Waals surface area (Å²) in [6.07, 6.45) is 1.69. The van der Waals surface area contributed by atoms with Gasteiger partial charge in [-0.2, -0.15) is 4.31 Å². The monoisotopic (exact) mass is 467 g/mol. The zero-order valence-corrected chi connectivity index (χ0v) is 18.1. The molecule has 1 aliphatic rings. The molecule has 1 aliphatic heterocycles. The van der Waals surface area contributed by atoms with Crippen LogP contribution in [0.3, 0.4) is 0 Å². The molecular formula is C21H20ClF2N3O3S. The van der Waals surface area contributed by atoms with E-state index in [4.69, 9.17) is 11.6 Å². The van der Waals surface area contributed by atoms with Crippen molar-refractivity contribution >= 4 is 21.6 Å². The van der Waals surface area contributed by atoms with Gasteiger partial charge in [0.1, 0.15) is 22.4 Å². The Morgan fingerprint density at radius 1 is 1.19 bits per heavy atom. The van der Waals surface area contributed by atoms with Crippen molar-refractivity contribution < 1.29 is 22.3 Å². The van der Waals surface area contributed by atoms with Crippen LogP contribution in [0.1, 0.15) is 18.4 Å². The summed E-state index contributed by atoms with van der Waals surface area (Å²) in [5, 5.41) is 9.72. The number of benzene rings is 2. The van der Waals surface area contributed by atoms with Gasteiger partial charge in [-0.3, -0.25) is 0 Å². The fourth-order valence-corrected chi connectivity index (χ4v) is 5.51. The SMILES string of the molecule is Cc1c(F)ccc(-c2c[nH]c(-c3ccc(Cl)c(S(=O)(=O)N4CCC(O)CC4)c3)n2)c1F. The van der Waals surface area contributed by atoms with Crippen LogP contribution in [-0.4, -0.2) is 47.0 Å². The van der Waals surface area contributed by atoms with Crippen molar-refractivity contribution in [2.45, 2.75) is 30.8 Å². The second-order valence-corrected chi connectivity index (χ2v) is 9.76. The lowest BCUT2D eigenvalue weighted by molar-refractivity contribution is 0.113. The minimum atomic E-state index is -3.86. The minimum absolute atomic E-state index is 0.0650. The summed E-state index contributed by atoms with van der Waals surface area (Å²) in [7, 11) is -3.86. The molecule has 0 atom stereocenters. The van der Waals surface area contributed by atoms with Gasteiger partial charge in [-0.1, -0.05) is 11.6 Å². The number of aromatic amines is 1. The predicted molar refractivity (Wildman–Crippen MR) is 113 cm³/mol. The maximum atomic E-state index is 14.5. The topological polar surface area (TPSA) is 86.3 Å². The van der Waals surface area contributed by atoms with Crippen LogP contribution in [0.4, 0.5) is 8.78 Å². The van der Waals surface area contributed by atoms with E-state index in [1.54, 1.807) is 6.07 Å². The minimum Gasteiger partial charge on any atom is -0.393 e. The van der Waals surface area contributed by atoms with Crippen molar-refractivity contribution in [1.82, 2.24) is 14.3 Å². The number of aliphatic hydroxyl groups excluding tert-OH is 1. The maximum absolute atomic E-state index is 14.5. The molecule has 2 N–H and O–H groups in total. The molecule has 0 radical (unpaired) electrons. The number of hydrogen-bond donors (Lipinski definition) is 2. The highest BCUT2D eigenvalue weighted by atomic mass is 35.5. The van der Waals surface area contributed by atoms with E-state index in [1.165, 1.54) is 41.7 Å². The fourth-order valence-electron chi connectivity index (χ4n) is 3.54. The van der Waals surface area contributed by atoms with Crippen molar-refractivity contribution in [3.05, 3.63) is 58.7 Å². The van der Waals surface area contributed by atoms with E-state index in [1.807, 2.05) is 0 Å². The van der Waals surface area contributed by atoms with Crippen molar-refractivity contribution in [3.8, 4) is 22.6 Å². The largest absolute Gasteiger partial charge is 0.393 e. The van der Waals surface area contributed by atoms with Crippen molar-refractivity contribution in [2.24, 2.45) is 0 Å². The van der Waals surface area contributed by atoms with E-state index in [9.17, 15) is 22.3 Å². The third-order valence-corrected chi connectivity index (χ3v) is 7.80. The first-order valence-corrected chi connectivity index (χ1v) is 11.5. The van der Waals surface area contributed by atoms with E-state index in [0.29, 0.717) is 24.2 Å². The lowest BCUT2D eigenvalue weighted by atomic mass is 10.1. The Hall–Kier alpha value is -2.33. The zero-order chi connectivity index (χ0) is 22.3. The summed E-state index contributed by atoms with van der Waals surface area (Å²) in [6, 6.07) is 6.96. The van der Waals surface area contributed by atoms with Crippen LogP contribution in [0.25, 0.3) is 22.6 Å². The number of aromatic nitrogens is 2. The summed E-state index contributed by atoms with van der Waals surface area (Å²) in [5.41, 5.74) is 0.745. The summed E-state index contributed by atoms with van der Waals surface area (Å²) >= 11 is 6.20. The number of aliphatic hydroxyl groups is 1. The van der Waals surface area contributed by atoms with Gasteiger partial charge in [0.25, 0.3) is 0 Å². The number of halogens is 3. The Kier molecular flexibility index (Phi) is 5.87. The van der Waals surface area contributed by atoms with Gasteiger partial charge in [-0.15, -0.1) is 0 Å². The molecule has 10 heteroatoms. The zero-order valence-electron chi connectivity index (χ0n) is 16.6. The summed E-state index contributed by atoms with van der Waals surface area (Å²) in [4.78, 5) is 7.20. The molecule has 164 valence electrons. The van der Waals surface area contributed by atoms with Gasteiger partial charge in [0.05, 0.1) is 16.8 Å². The number of imidazole rings is 1. The molecule has 4 rings (SSSR count). The Morgan fingerprint density at radius 3 is 2.61 bits per heavy atom. The van der Waals surface area contributed by atoms with Gasteiger partial charge in [-0.25, -0.2) is 22.2 Å².